The highest BCUT2D eigenvalue weighted by Crippen LogP contribution is 2.14. The standard InChI is InChI=1S/C13H15NO2/c15-10-12-6-7-14(9-13(12)16)8-11-4-2-1-3-5-11/h1-5,10,15H,6-9H2/p-1/b12-10-. The summed E-state index contributed by atoms with van der Waals surface area (Å²) in [6.07, 6.45) is 1.28. The van der Waals surface area contributed by atoms with E-state index in [2.05, 4.69) is 4.90 Å². The SMILES string of the molecule is O=C1CN(Cc2ccccc2)CC/C1=C/[O-]. The van der Waals surface area contributed by atoms with E-state index >= 15 is 0 Å². The lowest BCUT2D eigenvalue weighted by Crippen LogP contribution is -2.36. The molecule has 0 spiro atoms. The number of piperidine rings is 1. The van der Waals surface area contributed by atoms with Gasteiger partial charge in [0.05, 0.1) is 6.54 Å². The Kier molecular flexibility index (Phi) is 3.37. The van der Waals surface area contributed by atoms with Gasteiger partial charge in [-0.05, 0) is 17.6 Å². The summed E-state index contributed by atoms with van der Waals surface area (Å²) in [5.74, 6) is -0.0304. The zero-order valence-electron chi connectivity index (χ0n) is 9.06. The summed E-state index contributed by atoms with van der Waals surface area (Å²) in [6.45, 7) is 1.93. The number of rotatable bonds is 2. The van der Waals surface area contributed by atoms with Gasteiger partial charge < -0.3 is 5.11 Å². The van der Waals surface area contributed by atoms with Crippen LogP contribution in [-0.2, 0) is 11.3 Å². The van der Waals surface area contributed by atoms with Crippen molar-refractivity contribution < 1.29 is 9.90 Å². The first kappa shape index (κ1) is 10.9. The smallest absolute Gasteiger partial charge is 0.171 e. The Hall–Kier alpha value is -1.61. The van der Waals surface area contributed by atoms with Crippen LogP contribution in [0.25, 0.3) is 0 Å². The second kappa shape index (κ2) is 4.94. The lowest BCUT2D eigenvalue weighted by Gasteiger charge is -2.27. The lowest BCUT2D eigenvalue weighted by atomic mass is 10.0. The molecule has 0 bridgehead atoms. The Morgan fingerprint density at radius 2 is 2.06 bits per heavy atom. The fourth-order valence-electron chi connectivity index (χ4n) is 1.90. The van der Waals surface area contributed by atoms with Crippen molar-refractivity contribution in [1.82, 2.24) is 4.90 Å². The minimum Gasteiger partial charge on any atom is -0.878 e. The van der Waals surface area contributed by atoms with E-state index in [1.807, 2.05) is 30.3 Å². The second-order valence-corrected chi connectivity index (χ2v) is 4.01. The molecule has 1 heterocycles. The summed E-state index contributed by atoms with van der Waals surface area (Å²) in [4.78, 5) is 13.6. The maximum Gasteiger partial charge on any atom is 0.171 e. The molecule has 0 N–H and O–H groups in total. The molecule has 1 fully saturated rings. The van der Waals surface area contributed by atoms with Crippen LogP contribution in [0, 0.1) is 0 Å². The van der Waals surface area contributed by atoms with Gasteiger partial charge in [-0.25, -0.2) is 0 Å². The minimum absolute atomic E-state index is 0.0304. The van der Waals surface area contributed by atoms with Crippen molar-refractivity contribution in [3.05, 3.63) is 47.7 Å². The molecule has 1 aromatic carbocycles. The molecule has 1 aliphatic rings. The van der Waals surface area contributed by atoms with E-state index in [-0.39, 0.29) is 5.78 Å². The van der Waals surface area contributed by atoms with Crippen molar-refractivity contribution >= 4 is 5.78 Å². The van der Waals surface area contributed by atoms with Crippen LogP contribution in [0.2, 0.25) is 0 Å². The molecular formula is C13H14NO2-. The summed E-state index contributed by atoms with van der Waals surface area (Å²) in [5.41, 5.74) is 1.63. The van der Waals surface area contributed by atoms with Crippen molar-refractivity contribution in [3.63, 3.8) is 0 Å². The maximum absolute atomic E-state index is 11.5. The third kappa shape index (κ3) is 2.49. The predicted molar refractivity (Wildman–Crippen MR) is 59.4 cm³/mol. The Morgan fingerprint density at radius 1 is 1.31 bits per heavy atom. The van der Waals surface area contributed by atoms with Gasteiger partial charge in [0, 0.05) is 13.1 Å². The monoisotopic (exact) mass is 216 g/mol. The molecule has 0 aliphatic carbocycles. The summed E-state index contributed by atoms with van der Waals surface area (Å²) in [5, 5.41) is 10.6. The van der Waals surface area contributed by atoms with Crippen LogP contribution in [0.1, 0.15) is 12.0 Å². The van der Waals surface area contributed by atoms with E-state index in [4.69, 9.17) is 0 Å². The normalized spacial score (nSPS) is 20.2. The van der Waals surface area contributed by atoms with Crippen LogP contribution < -0.4 is 5.11 Å². The van der Waals surface area contributed by atoms with Crippen molar-refractivity contribution in [3.8, 4) is 0 Å². The molecule has 3 heteroatoms. The number of nitrogens with zero attached hydrogens (tertiary/aromatic N) is 1. The Morgan fingerprint density at radius 3 is 2.69 bits per heavy atom. The van der Waals surface area contributed by atoms with E-state index < -0.39 is 0 Å². The zero-order chi connectivity index (χ0) is 11.4. The van der Waals surface area contributed by atoms with Gasteiger partial charge in [0.15, 0.2) is 5.78 Å². The molecule has 1 saturated heterocycles. The summed E-state index contributed by atoms with van der Waals surface area (Å²) >= 11 is 0. The molecule has 16 heavy (non-hydrogen) atoms. The molecule has 0 aromatic heterocycles. The van der Waals surface area contributed by atoms with E-state index in [0.29, 0.717) is 24.8 Å². The first-order chi connectivity index (χ1) is 7.79. The molecule has 1 aromatic rings. The zero-order valence-corrected chi connectivity index (χ0v) is 9.06. The third-order valence-electron chi connectivity index (χ3n) is 2.81. The van der Waals surface area contributed by atoms with Crippen LogP contribution >= 0.6 is 0 Å². The number of carbonyl (C=O) groups is 1. The molecule has 1 aliphatic heterocycles. The average Bonchev–Trinajstić information content (AvgIpc) is 2.31. The number of hydrogen-bond donors (Lipinski definition) is 0. The van der Waals surface area contributed by atoms with Gasteiger partial charge in [0.2, 0.25) is 0 Å². The Labute approximate surface area is 95.0 Å². The molecule has 0 radical (unpaired) electrons. The van der Waals surface area contributed by atoms with Gasteiger partial charge in [-0.15, -0.1) is 6.26 Å². The Bertz CT molecular complexity index is 398. The topological polar surface area (TPSA) is 43.4 Å². The fraction of sp³-hybridized carbons (Fsp3) is 0.308. The highest BCUT2D eigenvalue weighted by atomic mass is 16.2. The summed E-state index contributed by atoms with van der Waals surface area (Å²) in [7, 11) is 0. The number of likely N-dealkylation sites (tertiary alicyclic amines) is 1. The van der Waals surface area contributed by atoms with Crippen molar-refractivity contribution in [2.75, 3.05) is 13.1 Å². The highest BCUT2D eigenvalue weighted by Gasteiger charge is 2.19. The first-order valence-electron chi connectivity index (χ1n) is 5.40. The van der Waals surface area contributed by atoms with Gasteiger partial charge >= 0.3 is 0 Å². The lowest BCUT2D eigenvalue weighted by molar-refractivity contribution is -0.276. The van der Waals surface area contributed by atoms with Crippen LogP contribution in [0.3, 0.4) is 0 Å². The molecule has 0 amide bonds. The largest absolute Gasteiger partial charge is 0.878 e. The predicted octanol–water partition coefficient (Wildman–Crippen LogP) is 0.706. The number of Topliss-reactive ketones (excluding diaryl/α,β-unsaturated/α-hetero) is 1. The second-order valence-electron chi connectivity index (χ2n) is 4.01. The van der Waals surface area contributed by atoms with Gasteiger partial charge in [0.1, 0.15) is 0 Å². The number of carbonyl (C=O) groups excluding carboxylic acids is 1. The molecule has 84 valence electrons. The molecular weight excluding hydrogens is 202 g/mol. The van der Waals surface area contributed by atoms with Crippen LogP contribution in [0.4, 0.5) is 0 Å². The number of hydrogen-bond acceptors (Lipinski definition) is 3. The van der Waals surface area contributed by atoms with Gasteiger partial charge in [-0.2, -0.15) is 0 Å². The van der Waals surface area contributed by atoms with Crippen LogP contribution in [-0.4, -0.2) is 23.8 Å². The fourth-order valence-corrected chi connectivity index (χ4v) is 1.90. The quantitative estimate of drug-likeness (QED) is 0.540. The molecule has 0 saturated carbocycles. The number of ketones is 1. The minimum atomic E-state index is -0.0304. The van der Waals surface area contributed by atoms with E-state index in [1.165, 1.54) is 5.56 Å². The summed E-state index contributed by atoms with van der Waals surface area (Å²) in [6, 6.07) is 10.0. The first-order valence-corrected chi connectivity index (χ1v) is 5.40. The molecule has 0 unspecified atom stereocenters. The maximum atomic E-state index is 11.5. The van der Waals surface area contributed by atoms with Crippen molar-refractivity contribution in [2.45, 2.75) is 13.0 Å². The Balaban J connectivity index is 1.96. The van der Waals surface area contributed by atoms with Gasteiger partial charge in [0.25, 0.3) is 0 Å². The molecule has 0 atom stereocenters. The third-order valence-corrected chi connectivity index (χ3v) is 2.81. The highest BCUT2D eigenvalue weighted by molar-refractivity contribution is 5.97. The molecule has 2 rings (SSSR count). The molecule has 3 nitrogen and oxygen atoms in total. The number of benzene rings is 1. The van der Waals surface area contributed by atoms with Crippen LogP contribution in [0.5, 0.6) is 0 Å². The van der Waals surface area contributed by atoms with Gasteiger partial charge in [-0.1, -0.05) is 30.3 Å². The van der Waals surface area contributed by atoms with Crippen molar-refractivity contribution in [2.24, 2.45) is 0 Å². The van der Waals surface area contributed by atoms with E-state index in [1.54, 1.807) is 0 Å². The van der Waals surface area contributed by atoms with E-state index in [0.717, 1.165) is 13.1 Å². The average molecular weight is 216 g/mol. The van der Waals surface area contributed by atoms with Gasteiger partial charge in [-0.3, -0.25) is 9.69 Å². The van der Waals surface area contributed by atoms with E-state index in [9.17, 15) is 9.90 Å². The summed E-state index contributed by atoms with van der Waals surface area (Å²) < 4.78 is 0. The van der Waals surface area contributed by atoms with Crippen molar-refractivity contribution in [1.29, 1.82) is 0 Å². The van der Waals surface area contributed by atoms with Crippen LogP contribution in [0.15, 0.2) is 42.2 Å².